The molecule has 5 nitrogen and oxygen atoms in total. The van der Waals surface area contributed by atoms with E-state index < -0.39 is 0 Å². The Morgan fingerprint density at radius 1 is 1.16 bits per heavy atom. The number of nitrogens with one attached hydrogen (secondary N) is 1. The number of amides is 1. The van der Waals surface area contributed by atoms with Gasteiger partial charge in [-0.3, -0.25) is 9.69 Å². The van der Waals surface area contributed by atoms with Crippen molar-refractivity contribution in [1.82, 2.24) is 10.2 Å². The lowest BCUT2D eigenvalue weighted by atomic mass is 9.89. The Bertz CT molecular complexity index is 574. The van der Waals surface area contributed by atoms with E-state index in [4.69, 9.17) is 9.47 Å². The van der Waals surface area contributed by atoms with Crippen LogP contribution in [0.2, 0.25) is 0 Å². The fourth-order valence-electron chi connectivity index (χ4n) is 4.31. The van der Waals surface area contributed by atoms with Gasteiger partial charge >= 0.3 is 0 Å². The van der Waals surface area contributed by atoms with Crippen LogP contribution in [-0.2, 0) is 19.9 Å². The summed E-state index contributed by atoms with van der Waals surface area (Å²) in [4.78, 5) is 15.0. The average Bonchev–Trinajstić information content (AvgIpc) is 3.11. The number of hydrogen-bond donors (Lipinski definition) is 1. The highest BCUT2D eigenvalue weighted by Crippen LogP contribution is 2.35. The molecule has 25 heavy (non-hydrogen) atoms. The first-order valence-corrected chi connectivity index (χ1v) is 9.56. The van der Waals surface area contributed by atoms with Gasteiger partial charge in [0.15, 0.2) is 0 Å². The van der Waals surface area contributed by atoms with Gasteiger partial charge in [-0.25, -0.2) is 0 Å². The molecule has 3 aliphatic heterocycles. The maximum absolute atomic E-state index is 12.6. The lowest BCUT2D eigenvalue weighted by Gasteiger charge is -2.45. The summed E-state index contributed by atoms with van der Waals surface area (Å²) < 4.78 is 11.5. The Balaban J connectivity index is 1.29. The number of likely N-dealkylation sites (tertiary alicyclic amines) is 1. The van der Waals surface area contributed by atoms with E-state index in [-0.39, 0.29) is 17.4 Å². The van der Waals surface area contributed by atoms with E-state index >= 15 is 0 Å². The van der Waals surface area contributed by atoms with Gasteiger partial charge in [-0.2, -0.15) is 0 Å². The average molecular weight is 344 g/mol. The van der Waals surface area contributed by atoms with E-state index in [1.165, 1.54) is 5.56 Å². The molecule has 4 rings (SSSR count). The Hall–Kier alpha value is -1.43. The van der Waals surface area contributed by atoms with Crippen molar-refractivity contribution in [3.8, 4) is 0 Å². The number of carbonyl (C=O) groups is 1. The molecule has 3 fully saturated rings. The third-order valence-electron chi connectivity index (χ3n) is 5.94. The Morgan fingerprint density at radius 2 is 1.92 bits per heavy atom. The standard InChI is InChI=1S/C20H28N2O3/c23-19(16-13-22(14-16)18-7-11-24-12-8-18)21-15-20(9-4-10-25-20)17-5-2-1-3-6-17/h1-3,5-6,16,18H,4,7-15H2,(H,21,23). The molecule has 1 aromatic carbocycles. The molecule has 0 radical (unpaired) electrons. The molecule has 0 bridgehead atoms. The zero-order chi connectivity index (χ0) is 17.1. The van der Waals surface area contributed by atoms with Gasteiger partial charge in [0.25, 0.3) is 0 Å². The van der Waals surface area contributed by atoms with Gasteiger partial charge in [0.1, 0.15) is 5.60 Å². The molecule has 1 amide bonds. The first-order chi connectivity index (χ1) is 12.3. The van der Waals surface area contributed by atoms with E-state index in [1.54, 1.807) is 0 Å². The Morgan fingerprint density at radius 3 is 2.60 bits per heavy atom. The highest BCUT2D eigenvalue weighted by molar-refractivity contribution is 5.80. The van der Waals surface area contributed by atoms with Crippen molar-refractivity contribution >= 4 is 5.91 Å². The van der Waals surface area contributed by atoms with Crippen LogP contribution in [0.1, 0.15) is 31.2 Å². The molecule has 1 atom stereocenters. The third kappa shape index (κ3) is 3.59. The Labute approximate surface area is 149 Å². The second-order valence-corrected chi connectivity index (χ2v) is 7.52. The summed E-state index contributed by atoms with van der Waals surface area (Å²) in [6, 6.07) is 10.9. The molecule has 136 valence electrons. The van der Waals surface area contributed by atoms with E-state index in [1.807, 2.05) is 18.2 Å². The maximum Gasteiger partial charge on any atom is 0.225 e. The van der Waals surface area contributed by atoms with Gasteiger partial charge in [-0.05, 0) is 31.2 Å². The minimum atomic E-state index is -0.346. The molecule has 1 unspecified atom stereocenters. The largest absolute Gasteiger partial charge is 0.381 e. The monoisotopic (exact) mass is 344 g/mol. The first-order valence-electron chi connectivity index (χ1n) is 9.56. The lowest BCUT2D eigenvalue weighted by molar-refractivity contribution is -0.134. The van der Waals surface area contributed by atoms with E-state index in [2.05, 4.69) is 22.3 Å². The minimum Gasteiger partial charge on any atom is -0.381 e. The van der Waals surface area contributed by atoms with Crippen LogP contribution in [0.5, 0.6) is 0 Å². The van der Waals surface area contributed by atoms with Crippen molar-refractivity contribution in [3.63, 3.8) is 0 Å². The van der Waals surface area contributed by atoms with Crippen molar-refractivity contribution in [2.75, 3.05) is 39.5 Å². The molecule has 3 heterocycles. The molecule has 1 aromatic rings. The number of ether oxygens (including phenoxy) is 2. The number of hydrogen-bond acceptors (Lipinski definition) is 4. The summed E-state index contributed by atoms with van der Waals surface area (Å²) in [5.74, 6) is 0.297. The van der Waals surface area contributed by atoms with Crippen LogP contribution in [-0.4, -0.2) is 56.3 Å². The third-order valence-corrected chi connectivity index (χ3v) is 5.94. The fraction of sp³-hybridized carbons (Fsp3) is 0.650. The van der Waals surface area contributed by atoms with Crippen LogP contribution in [0.4, 0.5) is 0 Å². The lowest BCUT2D eigenvalue weighted by Crippen LogP contribution is -2.58. The first kappa shape index (κ1) is 17.0. The summed E-state index contributed by atoms with van der Waals surface area (Å²) in [6.45, 7) is 4.82. The summed E-state index contributed by atoms with van der Waals surface area (Å²) in [5.41, 5.74) is 0.825. The molecule has 5 heteroatoms. The van der Waals surface area contributed by atoms with Gasteiger partial charge in [-0.15, -0.1) is 0 Å². The summed E-state index contributed by atoms with van der Waals surface area (Å²) in [5, 5.41) is 3.17. The molecule has 3 aliphatic rings. The van der Waals surface area contributed by atoms with Crippen LogP contribution in [0, 0.1) is 5.92 Å². The van der Waals surface area contributed by atoms with Gasteiger partial charge in [0.2, 0.25) is 5.91 Å². The molecular formula is C20H28N2O3. The van der Waals surface area contributed by atoms with Crippen LogP contribution in [0.3, 0.4) is 0 Å². The van der Waals surface area contributed by atoms with Crippen molar-refractivity contribution in [3.05, 3.63) is 35.9 Å². The van der Waals surface area contributed by atoms with Gasteiger partial charge in [-0.1, -0.05) is 30.3 Å². The summed E-state index contributed by atoms with van der Waals surface area (Å²) in [6.07, 6.45) is 4.21. The van der Waals surface area contributed by atoms with Crippen LogP contribution < -0.4 is 5.32 Å². The van der Waals surface area contributed by atoms with Crippen molar-refractivity contribution in [2.45, 2.75) is 37.3 Å². The molecule has 0 aliphatic carbocycles. The van der Waals surface area contributed by atoms with Crippen molar-refractivity contribution in [1.29, 1.82) is 0 Å². The van der Waals surface area contributed by atoms with Gasteiger partial charge in [0.05, 0.1) is 12.5 Å². The number of rotatable bonds is 5. The van der Waals surface area contributed by atoms with E-state index in [0.717, 1.165) is 58.6 Å². The predicted octanol–water partition coefficient (Wildman–Crippen LogP) is 1.92. The zero-order valence-electron chi connectivity index (χ0n) is 14.8. The van der Waals surface area contributed by atoms with Crippen LogP contribution >= 0.6 is 0 Å². The SMILES string of the molecule is O=C(NCC1(c2ccccc2)CCCO1)C1CN(C2CCOCC2)C1. The highest BCUT2D eigenvalue weighted by atomic mass is 16.5. The van der Waals surface area contributed by atoms with Gasteiger partial charge < -0.3 is 14.8 Å². The van der Waals surface area contributed by atoms with Gasteiger partial charge in [0, 0.05) is 39.0 Å². The molecule has 0 saturated carbocycles. The summed E-state index contributed by atoms with van der Waals surface area (Å²) >= 11 is 0. The maximum atomic E-state index is 12.6. The number of carbonyl (C=O) groups excluding carboxylic acids is 1. The predicted molar refractivity (Wildman–Crippen MR) is 95.2 cm³/mol. The summed E-state index contributed by atoms with van der Waals surface area (Å²) in [7, 11) is 0. The number of nitrogens with zero attached hydrogens (tertiary/aromatic N) is 1. The smallest absolute Gasteiger partial charge is 0.225 e. The number of benzene rings is 1. The topological polar surface area (TPSA) is 50.8 Å². The van der Waals surface area contributed by atoms with Crippen LogP contribution in [0.15, 0.2) is 30.3 Å². The van der Waals surface area contributed by atoms with E-state index in [0.29, 0.717) is 12.6 Å². The zero-order valence-corrected chi connectivity index (χ0v) is 14.8. The second-order valence-electron chi connectivity index (χ2n) is 7.52. The second kappa shape index (κ2) is 7.44. The van der Waals surface area contributed by atoms with Crippen molar-refractivity contribution < 1.29 is 14.3 Å². The van der Waals surface area contributed by atoms with Crippen LogP contribution in [0.25, 0.3) is 0 Å². The minimum absolute atomic E-state index is 0.122. The molecule has 1 N–H and O–H groups in total. The molecule has 0 spiro atoms. The van der Waals surface area contributed by atoms with E-state index in [9.17, 15) is 4.79 Å². The highest BCUT2D eigenvalue weighted by Gasteiger charge is 2.40. The normalized spacial score (nSPS) is 28.6. The molecule has 0 aromatic heterocycles. The van der Waals surface area contributed by atoms with Crippen molar-refractivity contribution in [2.24, 2.45) is 5.92 Å². The molecule has 3 saturated heterocycles. The fourth-order valence-corrected chi connectivity index (χ4v) is 4.31. The Kier molecular flexibility index (Phi) is 5.06. The quantitative estimate of drug-likeness (QED) is 0.887. The molecular weight excluding hydrogens is 316 g/mol.